The lowest BCUT2D eigenvalue weighted by Gasteiger charge is -2.35. The zero-order valence-electron chi connectivity index (χ0n) is 12.1. The monoisotopic (exact) mass is 279 g/mol. The van der Waals surface area contributed by atoms with Gasteiger partial charge in [0.05, 0.1) is 5.92 Å². The Morgan fingerprint density at radius 1 is 0.950 bits per heavy atom. The van der Waals surface area contributed by atoms with Crippen molar-refractivity contribution in [1.82, 2.24) is 9.80 Å². The van der Waals surface area contributed by atoms with Gasteiger partial charge in [0.25, 0.3) is 0 Å². The van der Waals surface area contributed by atoms with E-state index in [4.69, 9.17) is 5.73 Å². The number of rotatable bonds is 3. The second-order valence-electron chi connectivity index (χ2n) is 6.46. The van der Waals surface area contributed by atoms with Gasteiger partial charge in [-0.25, -0.2) is 0 Å². The first-order valence-electron chi connectivity index (χ1n) is 8.00. The summed E-state index contributed by atoms with van der Waals surface area (Å²) in [6.07, 6.45) is 6.03. The molecule has 20 heavy (non-hydrogen) atoms. The van der Waals surface area contributed by atoms with Gasteiger partial charge >= 0.3 is 0 Å². The smallest absolute Gasteiger partial charge is 0.227 e. The van der Waals surface area contributed by atoms with Gasteiger partial charge in [0.1, 0.15) is 0 Å². The zero-order chi connectivity index (χ0) is 14.1. The molecule has 2 atom stereocenters. The minimum atomic E-state index is -0.00130. The van der Waals surface area contributed by atoms with Crippen LogP contribution in [-0.4, -0.2) is 53.8 Å². The summed E-state index contributed by atoms with van der Waals surface area (Å²) >= 11 is 0. The minimum absolute atomic E-state index is 0.00130. The Bertz CT molecular complexity index is 395. The Balaban J connectivity index is 1.61. The van der Waals surface area contributed by atoms with Gasteiger partial charge in [-0.1, -0.05) is 0 Å². The summed E-state index contributed by atoms with van der Waals surface area (Å²) in [6, 6.07) is 0.219. The lowest BCUT2D eigenvalue weighted by Crippen LogP contribution is -2.49. The summed E-state index contributed by atoms with van der Waals surface area (Å²) in [5.41, 5.74) is 5.76. The average Bonchev–Trinajstić information content (AvgIpc) is 3.23. The summed E-state index contributed by atoms with van der Waals surface area (Å²) < 4.78 is 0. The lowest BCUT2D eigenvalue weighted by molar-refractivity contribution is -0.141. The van der Waals surface area contributed by atoms with Crippen molar-refractivity contribution in [1.29, 1.82) is 0 Å². The first-order chi connectivity index (χ1) is 9.70. The molecule has 2 heterocycles. The third-order valence-corrected chi connectivity index (χ3v) is 4.94. The Kier molecular flexibility index (Phi) is 3.96. The van der Waals surface area contributed by atoms with Crippen molar-refractivity contribution < 1.29 is 9.59 Å². The second-order valence-corrected chi connectivity index (χ2v) is 6.46. The van der Waals surface area contributed by atoms with E-state index in [9.17, 15) is 9.59 Å². The zero-order valence-corrected chi connectivity index (χ0v) is 12.1. The summed E-state index contributed by atoms with van der Waals surface area (Å²) in [7, 11) is 0. The molecule has 3 fully saturated rings. The first-order valence-corrected chi connectivity index (χ1v) is 8.00. The second kappa shape index (κ2) is 5.72. The van der Waals surface area contributed by atoms with Gasteiger partial charge in [0.2, 0.25) is 11.8 Å². The van der Waals surface area contributed by atoms with Crippen molar-refractivity contribution >= 4 is 11.8 Å². The van der Waals surface area contributed by atoms with E-state index in [2.05, 4.69) is 0 Å². The van der Waals surface area contributed by atoms with Gasteiger partial charge in [0.15, 0.2) is 0 Å². The van der Waals surface area contributed by atoms with Crippen LogP contribution in [0.2, 0.25) is 0 Å². The number of carbonyl (C=O) groups excluding carboxylic acids is 2. The van der Waals surface area contributed by atoms with Gasteiger partial charge in [-0.3, -0.25) is 9.59 Å². The molecular formula is C15H25N3O2. The fourth-order valence-corrected chi connectivity index (χ4v) is 3.57. The molecule has 1 aliphatic carbocycles. The van der Waals surface area contributed by atoms with E-state index in [-0.39, 0.29) is 29.7 Å². The molecule has 1 saturated carbocycles. The van der Waals surface area contributed by atoms with Crippen molar-refractivity contribution in [3.63, 3.8) is 0 Å². The highest BCUT2D eigenvalue weighted by Crippen LogP contribution is 2.33. The van der Waals surface area contributed by atoms with Crippen LogP contribution in [-0.2, 0) is 9.59 Å². The van der Waals surface area contributed by atoms with Crippen molar-refractivity contribution in [2.45, 2.75) is 44.6 Å². The van der Waals surface area contributed by atoms with Crippen LogP contribution in [0.5, 0.6) is 0 Å². The van der Waals surface area contributed by atoms with Crippen LogP contribution < -0.4 is 5.73 Å². The maximum Gasteiger partial charge on any atom is 0.227 e. The van der Waals surface area contributed by atoms with Crippen LogP contribution >= 0.6 is 0 Å². The molecule has 3 aliphatic rings. The van der Waals surface area contributed by atoms with Crippen molar-refractivity contribution in [2.75, 3.05) is 26.2 Å². The number of likely N-dealkylation sites (tertiary alicyclic amines) is 2. The molecule has 2 amide bonds. The van der Waals surface area contributed by atoms with E-state index >= 15 is 0 Å². The van der Waals surface area contributed by atoms with Crippen molar-refractivity contribution in [3.8, 4) is 0 Å². The molecule has 0 aromatic heterocycles. The molecule has 2 saturated heterocycles. The van der Waals surface area contributed by atoms with E-state index in [1.807, 2.05) is 9.80 Å². The van der Waals surface area contributed by atoms with E-state index in [1.54, 1.807) is 0 Å². The molecule has 5 nitrogen and oxygen atoms in total. The van der Waals surface area contributed by atoms with Gasteiger partial charge in [-0.15, -0.1) is 0 Å². The predicted octanol–water partition coefficient (Wildman–Crippen LogP) is 0.585. The molecule has 2 unspecified atom stereocenters. The first kappa shape index (κ1) is 13.9. The maximum atomic E-state index is 12.7. The molecular weight excluding hydrogens is 254 g/mol. The fraction of sp³-hybridized carbons (Fsp3) is 0.867. The van der Waals surface area contributed by atoms with Crippen LogP contribution in [0, 0.1) is 11.8 Å². The Morgan fingerprint density at radius 2 is 1.70 bits per heavy atom. The van der Waals surface area contributed by atoms with Crippen molar-refractivity contribution in [3.05, 3.63) is 0 Å². The Morgan fingerprint density at radius 3 is 2.40 bits per heavy atom. The average molecular weight is 279 g/mol. The molecule has 0 spiro atoms. The van der Waals surface area contributed by atoms with Crippen LogP contribution in [0.4, 0.5) is 0 Å². The van der Waals surface area contributed by atoms with Gasteiger partial charge < -0.3 is 15.5 Å². The molecule has 3 rings (SSSR count). The summed E-state index contributed by atoms with van der Waals surface area (Å²) in [5.74, 6) is 0.761. The number of nitrogens with zero attached hydrogens (tertiary/aromatic N) is 2. The highest BCUT2D eigenvalue weighted by Gasteiger charge is 2.39. The Hall–Kier alpha value is -1.10. The van der Waals surface area contributed by atoms with E-state index in [1.165, 1.54) is 0 Å². The largest absolute Gasteiger partial charge is 0.342 e. The predicted molar refractivity (Wildman–Crippen MR) is 75.8 cm³/mol. The van der Waals surface area contributed by atoms with Crippen LogP contribution in [0.3, 0.4) is 0 Å². The number of piperidine rings is 1. The Labute approximate surface area is 120 Å². The standard InChI is InChI=1S/C15H25N3O2/c16-9-13-4-2-8-18(13)15(20)12-3-1-7-17(10-12)14(19)11-5-6-11/h11-13H,1-10,16H2. The SMILES string of the molecule is NCC1CCCN1C(=O)C1CCCN(C(=O)C2CC2)C1. The third kappa shape index (κ3) is 2.68. The fourth-order valence-electron chi connectivity index (χ4n) is 3.57. The molecule has 2 aliphatic heterocycles. The maximum absolute atomic E-state index is 12.7. The molecule has 5 heteroatoms. The van der Waals surface area contributed by atoms with Crippen molar-refractivity contribution in [2.24, 2.45) is 17.6 Å². The highest BCUT2D eigenvalue weighted by atomic mass is 16.2. The summed E-state index contributed by atoms with van der Waals surface area (Å²) in [4.78, 5) is 28.7. The number of nitrogens with two attached hydrogens (primary N) is 1. The number of amides is 2. The minimum Gasteiger partial charge on any atom is -0.342 e. The molecule has 0 bridgehead atoms. The van der Waals surface area contributed by atoms with Gasteiger partial charge in [-0.2, -0.15) is 0 Å². The van der Waals surface area contributed by atoms with Crippen LogP contribution in [0.25, 0.3) is 0 Å². The molecule has 0 aromatic rings. The number of hydrogen-bond donors (Lipinski definition) is 1. The number of carbonyl (C=O) groups is 2. The number of hydrogen-bond acceptors (Lipinski definition) is 3. The molecule has 0 radical (unpaired) electrons. The van der Waals surface area contributed by atoms with Gasteiger partial charge in [-0.05, 0) is 38.5 Å². The van der Waals surface area contributed by atoms with Crippen LogP contribution in [0.1, 0.15) is 38.5 Å². The lowest BCUT2D eigenvalue weighted by atomic mass is 9.95. The molecule has 0 aromatic carbocycles. The third-order valence-electron chi connectivity index (χ3n) is 4.94. The normalized spacial score (nSPS) is 30.6. The van der Waals surface area contributed by atoms with E-state index in [0.29, 0.717) is 13.1 Å². The summed E-state index contributed by atoms with van der Waals surface area (Å²) in [5, 5.41) is 0. The van der Waals surface area contributed by atoms with Crippen LogP contribution in [0.15, 0.2) is 0 Å². The van der Waals surface area contributed by atoms with E-state index < -0.39 is 0 Å². The molecule has 2 N–H and O–H groups in total. The summed E-state index contributed by atoms with van der Waals surface area (Å²) in [6.45, 7) is 2.86. The topological polar surface area (TPSA) is 66.6 Å². The van der Waals surface area contributed by atoms with Gasteiger partial charge in [0, 0.05) is 38.1 Å². The van der Waals surface area contributed by atoms with E-state index in [0.717, 1.165) is 51.6 Å². The highest BCUT2D eigenvalue weighted by molar-refractivity contribution is 5.83. The molecule has 112 valence electrons. The quantitative estimate of drug-likeness (QED) is 0.822.